The number of carbonyl (C=O) groups excluding carboxylic acids is 1. The fourth-order valence-electron chi connectivity index (χ4n) is 1.50. The van der Waals surface area contributed by atoms with Crippen LogP contribution in [-0.4, -0.2) is 21.1 Å². The fourth-order valence-corrected chi connectivity index (χ4v) is 1.91. The number of nitrogens with zero attached hydrogens (tertiary/aromatic N) is 2. The number of hydrogen-bond donors (Lipinski definition) is 1. The number of anilines is 1. The highest BCUT2D eigenvalue weighted by atomic mass is 32.1. The molecule has 0 aliphatic heterocycles. The molecule has 2 aromatic rings. The molecule has 0 unspecified atom stereocenters. The zero-order valence-corrected chi connectivity index (χ0v) is 12.4. The molecule has 0 atom stereocenters. The molecular weight excluding hydrogens is 300 g/mol. The average Bonchev–Trinajstić information content (AvgIpc) is 2.86. The second kappa shape index (κ2) is 5.72. The van der Waals surface area contributed by atoms with Crippen LogP contribution in [0, 0.1) is 11.6 Å². The summed E-state index contributed by atoms with van der Waals surface area (Å²) >= 11 is 0.884. The highest BCUT2D eigenvalue weighted by molar-refractivity contribution is 7.07. The summed E-state index contributed by atoms with van der Waals surface area (Å²) in [6, 6.07) is 1.99. The van der Waals surface area contributed by atoms with E-state index < -0.39 is 28.9 Å². The van der Waals surface area contributed by atoms with Crippen molar-refractivity contribution in [2.45, 2.75) is 26.4 Å². The topological polar surface area (TPSA) is 64.1 Å². The van der Waals surface area contributed by atoms with E-state index in [0.29, 0.717) is 0 Å². The molecule has 2 rings (SSSR count). The lowest BCUT2D eigenvalue weighted by atomic mass is 10.2. The number of ether oxygens (including phenoxy) is 1. The summed E-state index contributed by atoms with van der Waals surface area (Å²) < 4.78 is 36.5. The van der Waals surface area contributed by atoms with Gasteiger partial charge in [-0.15, -0.1) is 5.10 Å². The molecule has 1 amide bonds. The van der Waals surface area contributed by atoms with Gasteiger partial charge in [0, 0.05) is 17.8 Å². The number of rotatable bonds is 3. The van der Waals surface area contributed by atoms with Gasteiger partial charge in [-0.2, -0.15) is 0 Å². The first-order chi connectivity index (χ1) is 9.76. The van der Waals surface area contributed by atoms with Crippen LogP contribution in [-0.2, 0) is 0 Å². The van der Waals surface area contributed by atoms with Crippen LogP contribution in [0.15, 0.2) is 18.3 Å². The fraction of sp³-hybridized carbons (Fsp3) is 0.308. The van der Waals surface area contributed by atoms with Gasteiger partial charge in [-0.3, -0.25) is 4.79 Å². The molecule has 5 nitrogen and oxygen atoms in total. The normalized spacial score (nSPS) is 11.3. The molecule has 1 aromatic heterocycles. The molecule has 8 heteroatoms. The maximum atomic E-state index is 13.9. The number of benzene rings is 1. The van der Waals surface area contributed by atoms with Crippen molar-refractivity contribution >= 4 is 23.1 Å². The van der Waals surface area contributed by atoms with Crippen LogP contribution in [0.3, 0.4) is 0 Å². The SMILES string of the molecule is CC(C)(C)Oc1c(F)cc(NC(=O)c2cnns2)cc1F. The highest BCUT2D eigenvalue weighted by Gasteiger charge is 2.20. The quantitative estimate of drug-likeness (QED) is 0.945. The molecule has 0 aliphatic carbocycles. The van der Waals surface area contributed by atoms with Crippen molar-refractivity contribution in [3.63, 3.8) is 0 Å². The van der Waals surface area contributed by atoms with Crippen molar-refractivity contribution in [3.05, 3.63) is 34.8 Å². The van der Waals surface area contributed by atoms with Gasteiger partial charge in [0.25, 0.3) is 5.91 Å². The van der Waals surface area contributed by atoms with Crippen molar-refractivity contribution in [3.8, 4) is 5.75 Å². The molecule has 21 heavy (non-hydrogen) atoms. The molecule has 0 saturated heterocycles. The monoisotopic (exact) mass is 313 g/mol. The number of hydrogen-bond acceptors (Lipinski definition) is 5. The van der Waals surface area contributed by atoms with Gasteiger partial charge in [-0.05, 0) is 32.3 Å². The van der Waals surface area contributed by atoms with E-state index in [1.165, 1.54) is 6.20 Å². The van der Waals surface area contributed by atoms with Crippen molar-refractivity contribution in [1.29, 1.82) is 0 Å². The maximum Gasteiger partial charge on any atom is 0.269 e. The van der Waals surface area contributed by atoms with Crippen molar-refractivity contribution in [1.82, 2.24) is 9.59 Å². The summed E-state index contributed by atoms with van der Waals surface area (Å²) in [5.74, 6) is -2.78. The smallest absolute Gasteiger partial charge is 0.269 e. The Kier molecular flexibility index (Phi) is 4.17. The molecule has 112 valence electrons. The Balaban J connectivity index is 2.22. The van der Waals surface area contributed by atoms with Crippen molar-refractivity contribution in [2.75, 3.05) is 5.32 Å². The van der Waals surface area contributed by atoms with Crippen LogP contribution >= 0.6 is 11.5 Å². The Hall–Kier alpha value is -2.09. The van der Waals surface area contributed by atoms with Gasteiger partial charge in [-0.1, -0.05) is 4.49 Å². The summed E-state index contributed by atoms with van der Waals surface area (Å²) in [4.78, 5) is 12.0. The van der Waals surface area contributed by atoms with Gasteiger partial charge in [0.1, 0.15) is 10.5 Å². The lowest BCUT2D eigenvalue weighted by molar-refractivity contribution is 0.102. The van der Waals surface area contributed by atoms with Crippen molar-refractivity contribution < 1.29 is 18.3 Å². The third kappa shape index (κ3) is 3.94. The van der Waals surface area contributed by atoms with Gasteiger partial charge in [-0.25, -0.2) is 8.78 Å². The minimum Gasteiger partial charge on any atom is -0.482 e. The summed E-state index contributed by atoms with van der Waals surface area (Å²) in [5.41, 5.74) is -0.745. The van der Waals surface area contributed by atoms with Crippen LogP contribution in [0.5, 0.6) is 5.75 Å². The minimum absolute atomic E-state index is 0.00957. The molecule has 1 N–H and O–H groups in total. The standard InChI is InChI=1S/C13H13F2N3O2S/c1-13(2,3)20-11-8(14)4-7(5-9(11)15)17-12(19)10-6-16-18-21-10/h4-6H,1-3H3,(H,17,19). The van der Waals surface area contributed by atoms with E-state index in [1.807, 2.05) is 0 Å². The largest absolute Gasteiger partial charge is 0.482 e. The summed E-state index contributed by atoms with van der Waals surface area (Å²) in [7, 11) is 0. The first-order valence-electron chi connectivity index (χ1n) is 6.03. The van der Waals surface area contributed by atoms with Crippen LogP contribution in [0.1, 0.15) is 30.4 Å². The van der Waals surface area contributed by atoms with E-state index in [0.717, 1.165) is 23.7 Å². The lowest BCUT2D eigenvalue weighted by Gasteiger charge is -2.22. The van der Waals surface area contributed by atoms with Gasteiger partial charge in [0.05, 0.1) is 6.20 Å². The highest BCUT2D eigenvalue weighted by Crippen LogP contribution is 2.29. The second-order valence-corrected chi connectivity index (χ2v) is 6.01. The number of aromatic nitrogens is 2. The Morgan fingerprint density at radius 2 is 1.90 bits per heavy atom. The Bertz CT molecular complexity index is 631. The van der Waals surface area contributed by atoms with Crippen LogP contribution in [0.4, 0.5) is 14.5 Å². The number of amides is 1. The summed E-state index contributed by atoms with van der Waals surface area (Å²) in [6.07, 6.45) is 1.27. The third-order valence-corrected chi connectivity index (χ3v) is 2.91. The predicted molar refractivity (Wildman–Crippen MR) is 74.6 cm³/mol. The zero-order chi connectivity index (χ0) is 15.6. The van der Waals surface area contributed by atoms with E-state index in [1.54, 1.807) is 20.8 Å². The van der Waals surface area contributed by atoms with E-state index in [-0.39, 0.29) is 10.6 Å². The number of carbonyl (C=O) groups is 1. The van der Waals surface area contributed by atoms with Crippen LogP contribution < -0.4 is 10.1 Å². The van der Waals surface area contributed by atoms with Gasteiger partial charge < -0.3 is 10.1 Å². The Morgan fingerprint density at radius 1 is 1.29 bits per heavy atom. The molecule has 1 heterocycles. The third-order valence-electron chi connectivity index (χ3n) is 2.25. The van der Waals surface area contributed by atoms with E-state index in [9.17, 15) is 13.6 Å². The van der Waals surface area contributed by atoms with Crippen LogP contribution in [0.25, 0.3) is 0 Å². The van der Waals surface area contributed by atoms with Gasteiger partial charge in [0.15, 0.2) is 17.4 Å². The lowest BCUT2D eigenvalue weighted by Crippen LogP contribution is -2.24. The molecule has 1 aromatic carbocycles. The molecule has 0 fully saturated rings. The first kappa shape index (κ1) is 15.3. The number of halogens is 2. The zero-order valence-electron chi connectivity index (χ0n) is 11.6. The van der Waals surface area contributed by atoms with E-state index >= 15 is 0 Å². The average molecular weight is 313 g/mol. The second-order valence-electron chi connectivity index (χ2n) is 5.22. The molecule has 0 aliphatic rings. The maximum absolute atomic E-state index is 13.9. The molecule has 0 bridgehead atoms. The summed E-state index contributed by atoms with van der Waals surface area (Å²) in [5, 5.41) is 5.89. The molecular formula is C13H13F2N3O2S. The van der Waals surface area contributed by atoms with E-state index in [2.05, 4.69) is 14.9 Å². The Labute approximate surface area is 124 Å². The van der Waals surface area contributed by atoms with Crippen molar-refractivity contribution in [2.24, 2.45) is 0 Å². The number of nitrogens with one attached hydrogen (secondary N) is 1. The molecule has 0 radical (unpaired) electrons. The Morgan fingerprint density at radius 3 is 2.38 bits per heavy atom. The predicted octanol–water partition coefficient (Wildman–Crippen LogP) is 3.25. The summed E-state index contributed by atoms with van der Waals surface area (Å²) in [6.45, 7) is 5.04. The van der Waals surface area contributed by atoms with Crippen LogP contribution in [0.2, 0.25) is 0 Å². The molecule has 0 spiro atoms. The van der Waals surface area contributed by atoms with Gasteiger partial charge in [0.2, 0.25) is 0 Å². The van der Waals surface area contributed by atoms with E-state index in [4.69, 9.17) is 4.74 Å². The first-order valence-corrected chi connectivity index (χ1v) is 6.80. The molecule has 0 saturated carbocycles. The minimum atomic E-state index is -0.886. The van der Waals surface area contributed by atoms with Gasteiger partial charge >= 0.3 is 0 Å².